The minimum absolute atomic E-state index is 0.305. The summed E-state index contributed by atoms with van der Waals surface area (Å²) in [6, 6.07) is 5.75. The van der Waals surface area contributed by atoms with Crippen molar-refractivity contribution in [3.05, 3.63) is 35.1 Å². The third-order valence-electron chi connectivity index (χ3n) is 2.55. The summed E-state index contributed by atoms with van der Waals surface area (Å²) in [4.78, 5) is 14.7. The van der Waals surface area contributed by atoms with Crippen molar-refractivity contribution in [2.45, 2.75) is 12.8 Å². The van der Waals surface area contributed by atoms with Crippen LogP contribution in [0, 0.1) is 0 Å². The topological polar surface area (TPSA) is 65.2 Å². The van der Waals surface area contributed by atoms with Crippen molar-refractivity contribution in [2.24, 2.45) is 5.73 Å². The average Bonchev–Trinajstić information content (AvgIpc) is 2.37. The van der Waals surface area contributed by atoms with E-state index in [2.05, 4.69) is 20.9 Å². The first-order valence-corrected chi connectivity index (χ1v) is 6.41. The number of hydrogen-bond acceptors (Lipinski definition) is 3. The fourth-order valence-corrected chi connectivity index (χ4v) is 2.16. The second-order valence-corrected chi connectivity index (χ2v) is 4.74. The van der Waals surface area contributed by atoms with Crippen LogP contribution in [0.4, 0.5) is 0 Å². The second-order valence-electron chi connectivity index (χ2n) is 3.89. The molecule has 0 atom stereocenters. The number of ether oxygens (including phenoxy) is 1. The van der Waals surface area contributed by atoms with Gasteiger partial charge in [-0.15, -0.1) is 0 Å². The molecule has 0 fully saturated rings. The first-order chi connectivity index (χ1) is 8.68. The average molecular weight is 309 g/mol. The Morgan fingerprint density at radius 2 is 2.17 bits per heavy atom. The Balaban J connectivity index is 2.14. The maximum absolute atomic E-state index is 10.6. The van der Waals surface area contributed by atoms with Gasteiger partial charge < -0.3 is 10.5 Å². The van der Waals surface area contributed by atoms with Gasteiger partial charge in [0.15, 0.2) is 0 Å². The molecular formula is C13H13BrN2O2. The number of nitrogens with zero attached hydrogens (tertiary/aromatic N) is 1. The molecule has 0 bridgehead atoms. The van der Waals surface area contributed by atoms with Crippen LogP contribution in [0.5, 0.6) is 5.75 Å². The third-order valence-corrected chi connectivity index (χ3v) is 3.24. The Morgan fingerprint density at radius 3 is 2.94 bits per heavy atom. The van der Waals surface area contributed by atoms with Gasteiger partial charge in [-0.3, -0.25) is 9.78 Å². The van der Waals surface area contributed by atoms with E-state index < -0.39 is 0 Å². The molecular weight excluding hydrogens is 296 g/mol. The summed E-state index contributed by atoms with van der Waals surface area (Å²) in [5, 5.41) is 2.00. The van der Waals surface area contributed by atoms with Crippen LogP contribution < -0.4 is 10.5 Å². The van der Waals surface area contributed by atoms with Crippen molar-refractivity contribution in [2.75, 3.05) is 6.61 Å². The lowest BCUT2D eigenvalue weighted by Crippen LogP contribution is -2.11. The zero-order chi connectivity index (χ0) is 13.0. The Labute approximate surface area is 113 Å². The first kappa shape index (κ1) is 12.8. The fourth-order valence-electron chi connectivity index (χ4n) is 1.68. The molecule has 0 spiro atoms. The molecule has 18 heavy (non-hydrogen) atoms. The lowest BCUT2D eigenvalue weighted by Gasteiger charge is -2.09. The summed E-state index contributed by atoms with van der Waals surface area (Å²) < 4.78 is 6.66. The quantitative estimate of drug-likeness (QED) is 0.864. The highest BCUT2D eigenvalue weighted by Gasteiger charge is 2.05. The number of benzene rings is 1. The van der Waals surface area contributed by atoms with E-state index in [-0.39, 0.29) is 5.91 Å². The molecule has 1 amide bonds. The van der Waals surface area contributed by atoms with Crippen LogP contribution in [0.1, 0.15) is 12.8 Å². The summed E-state index contributed by atoms with van der Waals surface area (Å²) in [7, 11) is 0. The van der Waals surface area contributed by atoms with Gasteiger partial charge in [0.05, 0.1) is 6.61 Å². The largest absolute Gasteiger partial charge is 0.493 e. The molecule has 0 radical (unpaired) electrons. The smallest absolute Gasteiger partial charge is 0.217 e. The standard InChI is InChI=1S/C13H13BrN2O2/c14-11-3-4-12(18-7-1-2-13(15)17)10-8-16-6-5-9(10)11/h3-6,8H,1-2,7H2,(H2,15,17). The van der Waals surface area contributed by atoms with E-state index in [1.807, 2.05) is 18.2 Å². The number of pyridine rings is 1. The van der Waals surface area contributed by atoms with E-state index in [9.17, 15) is 4.79 Å². The van der Waals surface area contributed by atoms with E-state index in [1.165, 1.54) is 0 Å². The summed E-state index contributed by atoms with van der Waals surface area (Å²) in [6.45, 7) is 0.467. The van der Waals surface area contributed by atoms with Crippen LogP contribution >= 0.6 is 15.9 Å². The van der Waals surface area contributed by atoms with Gasteiger partial charge in [-0.25, -0.2) is 0 Å². The van der Waals surface area contributed by atoms with Crippen LogP contribution in [0.25, 0.3) is 10.8 Å². The normalized spacial score (nSPS) is 10.5. The molecule has 5 heteroatoms. The van der Waals surface area contributed by atoms with Crippen LogP contribution in [-0.4, -0.2) is 17.5 Å². The molecule has 0 aliphatic carbocycles. The number of primary amides is 1. The predicted octanol–water partition coefficient (Wildman–Crippen LogP) is 2.64. The molecule has 2 rings (SSSR count). The summed E-state index contributed by atoms with van der Waals surface area (Å²) in [5.74, 6) is 0.465. The predicted molar refractivity (Wildman–Crippen MR) is 73.4 cm³/mol. The van der Waals surface area contributed by atoms with Gasteiger partial charge in [-0.05, 0) is 24.6 Å². The lowest BCUT2D eigenvalue weighted by molar-refractivity contribution is -0.118. The van der Waals surface area contributed by atoms with Gasteiger partial charge in [-0.2, -0.15) is 0 Å². The van der Waals surface area contributed by atoms with E-state index >= 15 is 0 Å². The third kappa shape index (κ3) is 2.98. The van der Waals surface area contributed by atoms with E-state index in [1.54, 1.807) is 12.4 Å². The zero-order valence-corrected chi connectivity index (χ0v) is 11.3. The Kier molecular flexibility index (Phi) is 4.15. The molecule has 0 unspecified atom stereocenters. The van der Waals surface area contributed by atoms with Crippen molar-refractivity contribution in [3.63, 3.8) is 0 Å². The number of carbonyl (C=O) groups excluding carboxylic acids is 1. The van der Waals surface area contributed by atoms with E-state index in [4.69, 9.17) is 10.5 Å². The molecule has 2 N–H and O–H groups in total. The highest BCUT2D eigenvalue weighted by molar-refractivity contribution is 9.10. The Morgan fingerprint density at radius 1 is 1.33 bits per heavy atom. The number of aromatic nitrogens is 1. The highest BCUT2D eigenvalue weighted by atomic mass is 79.9. The van der Waals surface area contributed by atoms with Gasteiger partial charge >= 0.3 is 0 Å². The van der Waals surface area contributed by atoms with Gasteiger partial charge in [-0.1, -0.05) is 15.9 Å². The van der Waals surface area contributed by atoms with Gasteiger partial charge in [0, 0.05) is 34.1 Å². The molecule has 4 nitrogen and oxygen atoms in total. The molecule has 1 aromatic carbocycles. The summed E-state index contributed by atoms with van der Waals surface area (Å²) in [6.07, 6.45) is 4.47. The van der Waals surface area contributed by atoms with E-state index in [0.717, 1.165) is 21.0 Å². The van der Waals surface area contributed by atoms with Crippen molar-refractivity contribution in [3.8, 4) is 5.75 Å². The van der Waals surface area contributed by atoms with Crippen LogP contribution in [0.3, 0.4) is 0 Å². The van der Waals surface area contributed by atoms with E-state index in [0.29, 0.717) is 19.4 Å². The lowest BCUT2D eigenvalue weighted by atomic mass is 10.1. The second kappa shape index (κ2) is 5.82. The fraction of sp³-hybridized carbons (Fsp3) is 0.231. The molecule has 0 saturated heterocycles. The minimum atomic E-state index is -0.305. The molecule has 1 aromatic heterocycles. The zero-order valence-electron chi connectivity index (χ0n) is 9.73. The Hall–Kier alpha value is -1.62. The van der Waals surface area contributed by atoms with Crippen LogP contribution in [-0.2, 0) is 4.79 Å². The number of nitrogens with two attached hydrogens (primary N) is 1. The maximum atomic E-state index is 10.6. The molecule has 0 aliphatic heterocycles. The minimum Gasteiger partial charge on any atom is -0.493 e. The molecule has 1 heterocycles. The van der Waals surface area contributed by atoms with Crippen molar-refractivity contribution in [1.29, 1.82) is 0 Å². The first-order valence-electron chi connectivity index (χ1n) is 5.62. The highest BCUT2D eigenvalue weighted by Crippen LogP contribution is 2.30. The molecule has 94 valence electrons. The summed E-state index contributed by atoms with van der Waals surface area (Å²) in [5.41, 5.74) is 5.07. The maximum Gasteiger partial charge on any atom is 0.217 e. The van der Waals surface area contributed by atoms with Crippen molar-refractivity contribution >= 4 is 32.6 Å². The summed E-state index contributed by atoms with van der Waals surface area (Å²) >= 11 is 3.49. The Bertz CT molecular complexity index is 572. The monoisotopic (exact) mass is 308 g/mol. The molecule has 0 saturated carbocycles. The van der Waals surface area contributed by atoms with Gasteiger partial charge in [0.2, 0.25) is 5.91 Å². The van der Waals surface area contributed by atoms with Gasteiger partial charge in [0.1, 0.15) is 5.75 Å². The van der Waals surface area contributed by atoms with Crippen LogP contribution in [0.2, 0.25) is 0 Å². The SMILES string of the molecule is NC(=O)CCCOc1ccc(Br)c2ccncc12. The van der Waals surface area contributed by atoms with Crippen molar-refractivity contribution < 1.29 is 9.53 Å². The molecule has 0 aliphatic rings. The van der Waals surface area contributed by atoms with Crippen LogP contribution in [0.15, 0.2) is 35.1 Å². The number of fused-ring (bicyclic) bond motifs is 1. The molecule has 2 aromatic rings. The van der Waals surface area contributed by atoms with Gasteiger partial charge in [0.25, 0.3) is 0 Å². The number of halogens is 1. The van der Waals surface area contributed by atoms with Crippen molar-refractivity contribution in [1.82, 2.24) is 4.98 Å². The number of amides is 1. The number of rotatable bonds is 5. The number of hydrogen-bond donors (Lipinski definition) is 1. The number of carbonyl (C=O) groups is 1.